The highest BCUT2D eigenvalue weighted by Gasteiger charge is 2.23. The Morgan fingerprint density at radius 2 is 2.14 bits per heavy atom. The Balaban J connectivity index is 1.96. The predicted octanol–water partition coefficient (Wildman–Crippen LogP) is 0.377. The van der Waals surface area contributed by atoms with Crippen LogP contribution in [0.3, 0.4) is 0 Å². The van der Waals surface area contributed by atoms with E-state index in [4.69, 9.17) is 5.84 Å². The Morgan fingerprint density at radius 3 is 2.76 bits per heavy atom. The van der Waals surface area contributed by atoms with Crippen LogP contribution in [0.25, 0.3) is 0 Å². The van der Waals surface area contributed by atoms with Crippen molar-refractivity contribution < 1.29 is 8.42 Å². The van der Waals surface area contributed by atoms with Crippen molar-refractivity contribution in [3.8, 4) is 0 Å². The van der Waals surface area contributed by atoms with Gasteiger partial charge in [-0.25, -0.2) is 13.1 Å². The van der Waals surface area contributed by atoms with E-state index in [0.29, 0.717) is 18.2 Å². The lowest BCUT2D eigenvalue weighted by atomic mass is 9.97. The molecule has 0 bridgehead atoms. The summed E-state index contributed by atoms with van der Waals surface area (Å²) >= 11 is 0. The lowest BCUT2D eigenvalue weighted by molar-refractivity contribution is 0.194. The van der Waals surface area contributed by atoms with Crippen LogP contribution in [-0.4, -0.2) is 44.5 Å². The van der Waals surface area contributed by atoms with E-state index in [-0.39, 0.29) is 4.90 Å². The van der Waals surface area contributed by atoms with Crippen molar-refractivity contribution in [2.75, 3.05) is 31.6 Å². The van der Waals surface area contributed by atoms with Gasteiger partial charge >= 0.3 is 0 Å². The molecule has 0 saturated carbocycles. The molecule has 118 valence electrons. The number of nitrogen functional groups attached to an aromatic ring is 1. The van der Waals surface area contributed by atoms with Crippen LogP contribution in [0, 0.1) is 5.92 Å². The first kappa shape index (κ1) is 16.2. The summed E-state index contributed by atoms with van der Waals surface area (Å²) in [5, 5.41) is 0. The highest BCUT2D eigenvalue weighted by atomic mass is 32.2. The molecule has 1 aromatic rings. The maximum absolute atomic E-state index is 12.3. The molecule has 1 aliphatic heterocycles. The first-order chi connectivity index (χ1) is 10.1. The first-order valence-electron chi connectivity index (χ1n) is 7.19. The topological polar surface area (TPSA) is 100 Å². The van der Waals surface area contributed by atoms with Crippen molar-refractivity contribution in [3.63, 3.8) is 0 Å². The van der Waals surface area contributed by atoms with Gasteiger partial charge in [0.25, 0.3) is 0 Å². The maximum atomic E-state index is 12.3. The molecule has 2 heterocycles. The fourth-order valence-electron chi connectivity index (χ4n) is 2.53. The van der Waals surface area contributed by atoms with E-state index in [1.807, 2.05) is 0 Å². The summed E-state index contributed by atoms with van der Waals surface area (Å²) in [6.45, 7) is 5.72. The van der Waals surface area contributed by atoms with E-state index >= 15 is 0 Å². The fourth-order valence-corrected chi connectivity index (χ4v) is 3.75. The second kappa shape index (κ2) is 7.17. The van der Waals surface area contributed by atoms with E-state index < -0.39 is 10.0 Å². The monoisotopic (exact) mass is 313 g/mol. The van der Waals surface area contributed by atoms with Gasteiger partial charge in [0.05, 0.1) is 5.69 Å². The van der Waals surface area contributed by atoms with E-state index in [2.05, 4.69) is 27.0 Å². The molecule has 0 aliphatic carbocycles. The van der Waals surface area contributed by atoms with Crippen LogP contribution in [0.4, 0.5) is 5.69 Å². The molecule has 2 rings (SSSR count). The minimum atomic E-state index is -3.59. The molecule has 4 N–H and O–H groups in total. The number of nitrogens with one attached hydrogen (secondary N) is 2. The molecule has 1 aromatic heterocycles. The predicted molar refractivity (Wildman–Crippen MR) is 82.1 cm³/mol. The van der Waals surface area contributed by atoms with Gasteiger partial charge in [-0.1, -0.05) is 6.92 Å². The van der Waals surface area contributed by atoms with Crippen molar-refractivity contribution in [2.24, 2.45) is 11.8 Å². The largest absolute Gasteiger partial charge is 0.323 e. The van der Waals surface area contributed by atoms with E-state index in [1.165, 1.54) is 18.5 Å². The standard InChI is InChI=1S/C13H23N5O2S/c1-2-18-7-4-11(5-8-18)9-16-21(19,20)13-10-15-6-3-12(13)17-14/h3,6,10-11,16H,2,4-5,7-9,14H2,1H3,(H,15,17). The second-order valence-corrected chi connectivity index (χ2v) is 6.98. The Bertz CT molecular complexity index is 555. The number of hydrogen-bond donors (Lipinski definition) is 3. The van der Waals surface area contributed by atoms with E-state index in [1.54, 1.807) is 0 Å². The van der Waals surface area contributed by atoms with Gasteiger partial charge in [-0.2, -0.15) is 0 Å². The van der Waals surface area contributed by atoms with Crippen LogP contribution >= 0.6 is 0 Å². The van der Waals surface area contributed by atoms with Crippen LogP contribution in [0.15, 0.2) is 23.4 Å². The van der Waals surface area contributed by atoms with Crippen molar-refractivity contribution in [3.05, 3.63) is 18.5 Å². The van der Waals surface area contributed by atoms with Crippen molar-refractivity contribution in [1.29, 1.82) is 0 Å². The molecule has 7 nitrogen and oxygen atoms in total. The average Bonchev–Trinajstić information content (AvgIpc) is 2.53. The van der Waals surface area contributed by atoms with Crippen molar-refractivity contribution in [1.82, 2.24) is 14.6 Å². The number of sulfonamides is 1. The van der Waals surface area contributed by atoms with E-state index in [0.717, 1.165) is 32.5 Å². The molecular weight excluding hydrogens is 290 g/mol. The summed E-state index contributed by atoms with van der Waals surface area (Å²) < 4.78 is 27.3. The second-order valence-electron chi connectivity index (χ2n) is 5.25. The summed E-state index contributed by atoms with van der Waals surface area (Å²) in [4.78, 5) is 6.31. The van der Waals surface area contributed by atoms with Gasteiger partial charge in [0.15, 0.2) is 0 Å². The lowest BCUT2D eigenvalue weighted by Crippen LogP contribution is -2.38. The van der Waals surface area contributed by atoms with Gasteiger partial charge in [-0.3, -0.25) is 10.8 Å². The van der Waals surface area contributed by atoms with Crippen LogP contribution < -0.4 is 16.0 Å². The zero-order valence-corrected chi connectivity index (χ0v) is 13.1. The number of anilines is 1. The van der Waals surface area contributed by atoms with Crippen LogP contribution in [0.5, 0.6) is 0 Å². The smallest absolute Gasteiger partial charge is 0.244 e. The molecule has 8 heteroatoms. The number of aromatic nitrogens is 1. The highest BCUT2D eigenvalue weighted by molar-refractivity contribution is 7.89. The third-order valence-electron chi connectivity index (χ3n) is 3.95. The number of pyridine rings is 1. The lowest BCUT2D eigenvalue weighted by Gasteiger charge is -2.31. The van der Waals surface area contributed by atoms with Gasteiger partial charge in [-0.15, -0.1) is 0 Å². The van der Waals surface area contributed by atoms with Crippen LogP contribution in [0.2, 0.25) is 0 Å². The molecule has 1 aliphatic rings. The normalized spacial score (nSPS) is 17.8. The summed E-state index contributed by atoms with van der Waals surface area (Å²) in [5.41, 5.74) is 2.73. The van der Waals surface area contributed by atoms with Crippen molar-refractivity contribution >= 4 is 15.7 Å². The number of nitrogens with two attached hydrogens (primary N) is 1. The molecule has 21 heavy (non-hydrogen) atoms. The number of nitrogens with zero attached hydrogens (tertiary/aromatic N) is 2. The molecule has 0 radical (unpaired) electrons. The number of piperidine rings is 1. The molecule has 0 spiro atoms. The average molecular weight is 313 g/mol. The Morgan fingerprint density at radius 1 is 1.43 bits per heavy atom. The molecule has 1 saturated heterocycles. The zero-order chi connectivity index (χ0) is 15.3. The Labute approximate surface area is 125 Å². The Hall–Kier alpha value is -1.22. The van der Waals surface area contributed by atoms with Gasteiger partial charge in [0, 0.05) is 18.9 Å². The molecule has 0 unspecified atom stereocenters. The first-order valence-corrected chi connectivity index (χ1v) is 8.67. The molecule has 0 amide bonds. The van der Waals surface area contributed by atoms with Gasteiger partial charge in [0.1, 0.15) is 4.90 Å². The highest BCUT2D eigenvalue weighted by Crippen LogP contribution is 2.20. The Kier molecular flexibility index (Phi) is 5.51. The quantitative estimate of drug-likeness (QED) is 0.518. The molecular formula is C13H23N5O2S. The molecule has 0 aromatic carbocycles. The van der Waals surface area contributed by atoms with Crippen LogP contribution in [0.1, 0.15) is 19.8 Å². The van der Waals surface area contributed by atoms with Gasteiger partial charge < -0.3 is 10.3 Å². The van der Waals surface area contributed by atoms with Gasteiger partial charge in [0.2, 0.25) is 10.0 Å². The van der Waals surface area contributed by atoms with Gasteiger partial charge in [-0.05, 0) is 44.5 Å². The number of likely N-dealkylation sites (tertiary alicyclic amines) is 1. The fraction of sp³-hybridized carbons (Fsp3) is 0.615. The number of hydrogen-bond acceptors (Lipinski definition) is 6. The summed E-state index contributed by atoms with van der Waals surface area (Å²) in [7, 11) is -3.59. The maximum Gasteiger partial charge on any atom is 0.244 e. The van der Waals surface area contributed by atoms with E-state index in [9.17, 15) is 8.42 Å². The number of rotatable bonds is 6. The third-order valence-corrected chi connectivity index (χ3v) is 5.40. The van der Waals surface area contributed by atoms with Crippen LogP contribution in [-0.2, 0) is 10.0 Å². The minimum absolute atomic E-state index is 0.0819. The summed E-state index contributed by atoms with van der Waals surface area (Å²) in [6, 6.07) is 1.54. The minimum Gasteiger partial charge on any atom is -0.323 e. The van der Waals surface area contributed by atoms with Crippen molar-refractivity contribution in [2.45, 2.75) is 24.7 Å². The zero-order valence-electron chi connectivity index (χ0n) is 12.2. The summed E-state index contributed by atoms with van der Waals surface area (Å²) in [5.74, 6) is 5.72. The molecule has 0 atom stereocenters. The SMILES string of the molecule is CCN1CCC(CNS(=O)(=O)c2cnccc2NN)CC1. The third kappa shape index (κ3) is 4.13. The number of hydrazine groups is 1. The summed E-state index contributed by atoms with van der Waals surface area (Å²) in [6.07, 6.45) is 4.84. The molecule has 1 fully saturated rings.